The van der Waals surface area contributed by atoms with Crippen molar-refractivity contribution < 1.29 is 14.7 Å². The number of benzene rings is 1. The van der Waals surface area contributed by atoms with Crippen molar-refractivity contribution in [3.63, 3.8) is 0 Å². The summed E-state index contributed by atoms with van der Waals surface area (Å²) in [6, 6.07) is 8.91. The molecule has 0 radical (unpaired) electrons. The molecule has 2 atom stereocenters. The van der Waals surface area contributed by atoms with Crippen LogP contribution in [0.1, 0.15) is 38.2 Å². The average Bonchev–Trinajstić information content (AvgIpc) is 2.54. The number of hydrogen-bond donors (Lipinski definition) is 2. The van der Waals surface area contributed by atoms with E-state index < -0.39 is 11.5 Å². The third-order valence-corrected chi connectivity index (χ3v) is 4.14. The van der Waals surface area contributed by atoms with Crippen molar-refractivity contribution in [2.45, 2.75) is 38.1 Å². The number of hydrogen-bond acceptors (Lipinski definition) is 2. The lowest BCUT2D eigenvalue weighted by Gasteiger charge is -2.32. The molecule has 2 N–H and O–H groups in total. The van der Waals surface area contributed by atoms with E-state index in [4.69, 9.17) is 0 Å². The number of amides is 1. The minimum absolute atomic E-state index is 0.135. The third-order valence-electron chi connectivity index (χ3n) is 4.14. The van der Waals surface area contributed by atoms with Crippen molar-refractivity contribution in [1.82, 2.24) is 5.32 Å². The topological polar surface area (TPSA) is 66.4 Å². The van der Waals surface area contributed by atoms with Gasteiger partial charge in [-0.15, -0.1) is 0 Å². The Labute approximate surface area is 124 Å². The Bertz CT molecular complexity index is 538. The normalized spacial score (nSPS) is 20.5. The lowest BCUT2D eigenvalue weighted by atomic mass is 9.85. The molecular weight excluding hydrogens is 266 g/mol. The highest BCUT2D eigenvalue weighted by Crippen LogP contribution is 2.27. The summed E-state index contributed by atoms with van der Waals surface area (Å²) in [7, 11) is 0. The summed E-state index contributed by atoms with van der Waals surface area (Å²) in [6.07, 6.45) is 6.68. The van der Waals surface area contributed by atoms with E-state index >= 15 is 0 Å². The lowest BCUT2D eigenvalue weighted by Crippen LogP contribution is -2.53. The fraction of sp³-hybridized carbons (Fsp3) is 0.412. The standard InChI is InChI=1S/C17H21NO3/c1-2-17(16(20)21,14-11-7-4-8-12-14)18-15(19)13-9-5-3-6-10-13/h3-5,7-8,11-13H,2,6,9-10H2,1H3,(H,18,19)(H,20,21). The molecule has 0 heterocycles. The molecule has 1 aromatic carbocycles. The van der Waals surface area contributed by atoms with Gasteiger partial charge in [-0.05, 0) is 31.2 Å². The smallest absolute Gasteiger partial charge is 0.334 e. The molecule has 0 spiro atoms. The second kappa shape index (κ2) is 6.57. The van der Waals surface area contributed by atoms with Gasteiger partial charge < -0.3 is 10.4 Å². The Hall–Kier alpha value is -2.10. The van der Waals surface area contributed by atoms with Gasteiger partial charge in [-0.25, -0.2) is 4.79 Å². The van der Waals surface area contributed by atoms with Crippen LogP contribution in [0, 0.1) is 5.92 Å². The summed E-state index contributed by atoms with van der Waals surface area (Å²) in [6.45, 7) is 1.78. The molecule has 1 aromatic rings. The molecular formula is C17H21NO3. The highest BCUT2D eigenvalue weighted by atomic mass is 16.4. The highest BCUT2D eigenvalue weighted by molar-refractivity contribution is 5.89. The number of carbonyl (C=O) groups is 2. The van der Waals surface area contributed by atoms with Crippen molar-refractivity contribution in [2.24, 2.45) is 5.92 Å². The second-order valence-corrected chi connectivity index (χ2v) is 5.40. The Morgan fingerprint density at radius 1 is 1.29 bits per heavy atom. The van der Waals surface area contributed by atoms with E-state index in [0.29, 0.717) is 18.4 Å². The molecule has 4 heteroatoms. The zero-order chi connectivity index (χ0) is 15.3. The summed E-state index contributed by atoms with van der Waals surface area (Å²) in [5.41, 5.74) is -0.737. The number of carboxylic acid groups (broad SMARTS) is 1. The van der Waals surface area contributed by atoms with Crippen LogP contribution in [0.25, 0.3) is 0 Å². The van der Waals surface area contributed by atoms with Gasteiger partial charge in [-0.1, -0.05) is 49.4 Å². The van der Waals surface area contributed by atoms with Crippen LogP contribution in [-0.2, 0) is 15.1 Å². The Kier molecular flexibility index (Phi) is 4.78. The fourth-order valence-electron chi connectivity index (χ4n) is 2.76. The molecule has 0 saturated carbocycles. The Morgan fingerprint density at radius 3 is 2.52 bits per heavy atom. The van der Waals surface area contributed by atoms with Crippen molar-refractivity contribution in [3.8, 4) is 0 Å². The first kappa shape index (κ1) is 15.3. The molecule has 0 fully saturated rings. The van der Waals surface area contributed by atoms with Gasteiger partial charge >= 0.3 is 5.97 Å². The summed E-state index contributed by atoms with van der Waals surface area (Å²) in [4.78, 5) is 24.3. The van der Waals surface area contributed by atoms with Crippen LogP contribution >= 0.6 is 0 Å². The summed E-state index contributed by atoms with van der Waals surface area (Å²) in [5.74, 6) is -1.33. The third kappa shape index (κ3) is 3.15. The minimum Gasteiger partial charge on any atom is -0.479 e. The second-order valence-electron chi connectivity index (χ2n) is 5.40. The zero-order valence-corrected chi connectivity index (χ0v) is 12.2. The van der Waals surface area contributed by atoms with E-state index in [1.54, 1.807) is 31.2 Å². The van der Waals surface area contributed by atoms with E-state index in [-0.39, 0.29) is 11.8 Å². The summed E-state index contributed by atoms with van der Waals surface area (Å²) >= 11 is 0. The van der Waals surface area contributed by atoms with E-state index in [9.17, 15) is 14.7 Å². The molecule has 0 saturated heterocycles. The number of rotatable bonds is 5. The van der Waals surface area contributed by atoms with Crippen LogP contribution in [0.3, 0.4) is 0 Å². The molecule has 0 bridgehead atoms. The molecule has 4 nitrogen and oxygen atoms in total. The van der Waals surface area contributed by atoms with Gasteiger partial charge in [0, 0.05) is 5.92 Å². The maximum atomic E-state index is 12.4. The number of carbonyl (C=O) groups excluding carboxylic acids is 1. The molecule has 21 heavy (non-hydrogen) atoms. The van der Waals surface area contributed by atoms with Crippen molar-refractivity contribution in [3.05, 3.63) is 48.0 Å². The van der Waals surface area contributed by atoms with Crippen LogP contribution in [0.4, 0.5) is 0 Å². The molecule has 112 valence electrons. The Morgan fingerprint density at radius 2 is 2.00 bits per heavy atom. The van der Waals surface area contributed by atoms with Crippen LogP contribution in [0.5, 0.6) is 0 Å². The minimum atomic E-state index is -1.35. The molecule has 1 aliphatic rings. The molecule has 2 rings (SSSR count). The van der Waals surface area contributed by atoms with Gasteiger partial charge in [0.2, 0.25) is 5.91 Å². The SMILES string of the molecule is CCC(NC(=O)C1CC=CCC1)(C(=O)O)c1ccccc1. The summed E-state index contributed by atoms with van der Waals surface area (Å²) < 4.78 is 0. The average molecular weight is 287 g/mol. The number of allylic oxidation sites excluding steroid dienone is 2. The van der Waals surface area contributed by atoms with Gasteiger partial charge in [0.25, 0.3) is 0 Å². The van der Waals surface area contributed by atoms with E-state index in [0.717, 1.165) is 12.8 Å². The van der Waals surface area contributed by atoms with Crippen LogP contribution < -0.4 is 5.32 Å². The van der Waals surface area contributed by atoms with Crippen molar-refractivity contribution >= 4 is 11.9 Å². The summed E-state index contributed by atoms with van der Waals surface area (Å²) in [5, 5.41) is 12.5. The maximum absolute atomic E-state index is 12.4. The monoisotopic (exact) mass is 287 g/mol. The number of carboxylic acids is 1. The molecule has 0 aliphatic heterocycles. The first-order valence-electron chi connectivity index (χ1n) is 7.36. The van der Waals surface area contributed by atoms with Gasteiger partial charge in [0.05, 0.1) is 0 Å². The van der Waals surface area contributed by atoms with Crippen LogP contribution in [0.2, 0.25) is 0 Å². The van der Waals surface area contributed by atoms with Crippen molar-refractivity contribution in [1.29, 1.82) is 0 Å². The van der Waals surface area contributed by atoms with E-state index in [1.165, 1.54) is 0 Å². The predicted octanol–water partition coefficient (Wildman–Crippen LogP) is 2.85. The first-order chi connectivity index (χ1) is 10.1. The lowest BCUT2D eigenvalue weighted by molar-refractivity contribution is -0.149. The number of aliphatic carboxylic acids is 1. The van der Waals surface area contributed by atoms with Crippen LogP contribution in [0.15, 0.2) is 42.5 Å². The van der Waals surface area contributed by atoms with Gasteiger partial charge in [-0.2, -0.15) is 0 Å². The number of nitrogens with one attached hydrogen (secondary N) is 1. The molecule has 1 aliphatic carbocycles. The van der Waals surface area contributed by atoms with Crippen LogP contribution in [-0.4, -0.2) is 17.0 Å². The van der Waals surface area contributed by atoms with E-state index in [1.807, 2.05) is 12.1 Å². The molecule has 2 unspecified atom stereocenters. The zero-order valence-electron chi connectivity index (χ0n) is 12.2. The maximum Gasteiger partial charge on any atom is 0.334 e. The Balaban J connectivity index is 2.26. The molecule has 0 aromatic heterocycles. The largest absolute Gasteiger partial charge is 0.479 e. The quantitative estimate of drug-likeness (QED) is 0.818. The predicted molar refractivity (Wildman–Crippen MR) is 80.7 cm³/mol. The molecule has 1 amide bonds. The fourth-order valence-corrected chi connectivity index (χ4v) is 2.76. The van der Waals surface area contributed by atoms with Gasteiger partial charge in [0.15, 0.2) is 5.54 Å². The first-order valence-corrected chi connectivity index (χ1v) is 7.36. The highest BCUT2D eigenvalue weighted by Gasteiger charge is 2.41. The van der Waals surface area contributed by atoms with Crippen molar-refractivity contribution in [2.75, 3.05) is 0 Å². The van der Waals surface area contributed by atoms with Gasteiger partial charge in [0.1, 0.15) is 0 Å². The van der Waals surface area contributed by atoms with Gasteiger partial charge in [-0.3, -0.25) is 4.79 Å². The van der Waals surface area contributed by atoms with E-state index in [2.05, 4.69) is 11.4 Å².